The lowest BCUT2D eigenvalue weighted by Crippen LogP contribution is -2.40. The fraction of sp³-hybridized carbons (Fsp3) is 0.286. The topological polar surface area (TPSA) is 58.1 Å². The van der Waals surface area contributed by atoms with Crippen molar-refractivity contribution in [1.82, 2.24) is 9.97 Å². The lowest BCUT2D eigenvalue weighted by molar-refractivity contribution is -0.117. The van der Waals surface area contributed by atoms with Crippen molar-refractivity contribution >= 4 is 28.3 Å². The number of aryl methyl sites for hydroxylation is 1. The minimum atomic E-state index is -0.210. The van der Waals surface area contributed by atoms with Gasteiger partial charge in [-0.15, -0.1) is 0 Å². The van der Waals surface area contributed by atoms with E-state index in [2.05, 4.69) is 33.2 Å². The van der Waals surface area contributed by atoms with Gasteiger partial charge in [-0.25, -0.2) is 9.97 Å². The summed E-state index contributed by atoms with van der Waals surface area (Å²) in [5.74, 6) is 0.878. The Kier molecular flexibility index (Phi) is 4.52. The minimum absolute atomic E-state index is 0.0334. The first-order valence-corrected chi connectivity index (χ1v) is 9.13. The molecule has 4 rings (SSSR count). The van der Waals surface area contributed by atoms with E-state index in [-0.39, 0.29) is 11.9 Å². The Balaban J connectivity index is 1.63. The van der Waals surface area contributed by atoms with Crippen molar-refractivity contribution < 1.29 is 4.79 Å². The third-order valence-corrected chi connectivity index (χ3v) is 5.01. The van der Waals surface area contributed by atoms with Gasteiger partial charge in [0.15, 0.2) is 0 Å². The molecular formula is C21H22N4O. The molecule has 1 aliphatic heterocycles. The molecule has 0 radical (unpaired) electrons. The Hall–Kier alpha value is -2.95. The van der Waals surface area contributed by atoms with E-state index in [4.69, 9.17) is 0 Å². The largest absolute Gasteiger partial charge is 0.344 e. The zero-order valence-corrected chi connectivity index (χ0v) is 14.9. The number of nitrogens with one attached hydrogen (secondary N) is 1. The van der Waals surface area contributed by atoms with Crippen molar-refractivity contribution in [2.24, 2.45) is 0 Å². The second kappa shape index (κ2) is 7.12. The first-order chi connectivity index (χ1) is 12.8. The molecule has 26 heavy (non-hydrogen) atoms. The number of fused-ring (bicyclic) bond motifs is 1. The molecule has 1 unspecified atom stereocenters. The number of hydrogen-bond acceptors (Lipinski definition) is 4. The van der Waals surface area contributed by atoms with E-state index in [1.54, 1.807) is 6.33 Å². The van der Waals surface area contributed by atoms with Gasteiger partial charge >= 0.3 is 0 Å². The SMILES string of the molecule is CCc1ccccc1NC(=O)C1CCCN1c1ncnc2ccccc12. The van der Waals surface area contributed by atoms with Crippen LogP contribution in [0.15, 0.2) is 54.9 Å². The molecule has 1 aliphatic rings. The number of amides is 1. The van der Waals surface area contributed by atoms with Crippen molar-refractivity contribution in [1.29, 1.82) is 0 Å². The lowest BCUT2D eigenvalue weighted by Gasteiger charge is -2.26. The summed E-state index contributed by atoms with van der Waals surface area (Å²) in [6, 6.07) is 15.7. The number of benzene rings is 2. The van der Waals surface area contributed by atoms with Crippen molar-refractivity contribution in [2.45, 2.75) is 32.2 Å². The van der Waals surface area contributed by atoms with Crippen molar-refractivity contribution in [2.75, 3.05) is 16.8 Å². The molecule has 1 saturated heterocycles. The highest BCUT2D eigenvalue weighted by Gasteiger charge is 2.32. The van der Waals surface area contributed by atoms with Gasteiger partial charge in [-0.1, -0.05) is 37.3 Å². The van der Waals surface area contributed by atoms with Crippen LogP contribution in [0.4, 0.5) is 11.5 Å². The molecule has 3 aromatic rings. The molecule has 1 aromatic heterocycles. The summed E-state index contributed by atoms with van der Waals surface area (Å²) in [7, 11) is 0. The normalized spacial score (nSPS) is 16.8. The summed E-state index contributed by atoms with van der Waals surface area (Å²) < 4.78 is 0. The maximum atomic E-state index is 13.0. The number of nitrogens with zero attached hydrogens (tertiary/aromatic N) is 3. The molecule has 0 aliphatic carbocycles. The van der Waals surface area contributed by atoms with Crippen LogP contribution in [0.3, 0.4) is 0 Å². The van der Waals surface area contributed by atoms with Gasteiger partial charge in [-0.3, -0.25) is 4.79 Å². The number of para-hydroxylation sites is 2. The molecule has 1 atom stereocenters. The van der Waals surface area contributed by atoms with Gasteiger partial charge in [-0.2, -0.15) is 0 Å². The fourth-order valence-electron chi connectivity index (χ4n) is 3.68. The molecule has 132 valence electrons. The van der Waals surface area contributed by atoms with Gasteiger partial charge in [0.05, 0.1) is 5.52 Å². The molecule has 0 bridgehead atoms. The standard InChI is InChI=1S/C21H22N4O/c1-2-15-8-3-5-10-17(15)24-21(26)19-12-7-13-25(19)20-16-9-4-6-11-18(16)22-14-23-20/h3-6,8-11,14,19H,2,7,12-13H2,1H3,(H,24,26). The summed E-state index contributed by atoms with van der Waals surface area (Å²) in [5.41, 5.74) is 2.96. The molecule has 5 nitrogen and oxygen atoms in total. The summed E-state index contributed by atoms with van der Waals surface area (Å²) in [6.07, 6.45) is 4.28. The second-order valence-electron chi connectivity index (χ2n) is 6.57. The number of aromatic nitrogens is 2. The smallest absolute Gasteiger partial charge is 0.247 e. The predicted molar refractivity (Wildman–Crippen MR) is 104 cm³/mol. The molecule has 2 heterocycles. The van der Waals surface area contributed by atoms with Gasteiger partial charge < -0.3 is 10.2 Å². The monoisotopic (exact) mass is 346 g/mol. The highest BCUT2D eigenvalue weighted by atomic mass is 16.2. The van der Waals surface area contributed by atoms with Crippen LogP contribution in [0.1, 0.15) is 25.3 Å². The Morgan fingerprint density at radius 3 is 2.85 bits per heavy atom. The second-order valence-corrected chi connectivity index (χ2v) is 6.57. The molecule has 1 N–H and O–H groups in total. The lowest BCUT2D eigenvalue weighted by atomic mass is 10.1. The van der Waals surface area contributed by atoms with Crippen LogP contribution in [0.5, 0.6) is 0 Å². The Morgan fingerprint density at radius 1 is 1.15 bits per heavy atom. The van der Waals surface area contributed by atoms with Crippen molar-refractivity contribution in [3.05, 3.63) is 60.4 Å². The van der Waals surface area contributed by atoms with Gasteiger partial charge in [0.2, 0.25) is 5.91 Å². The fourth-order valence-corrected chi connectivity index (χ4v) is 3.68. The van der Waals surface area contributed by atoms with E-state index < -0.39 is 0 Å². The minimum Gasteiger partial charge on any atom is -0.344 e. The van der Waals surface area contributed by atoms with Crippen LogP contribution in [0, 0.1) is 0 Å². The summed E-state index contributed by atoms with van der Waals surface area (Å²) >= 11 is 0. The molecular weight excluding hydrogens is 324 g/mol. The molecule has 2 aromatic carbocycles. The Bertz CT molecular complexity index is 935. The third-order valence-electron chi connectivity index (χ3n) is 5.01. The van der Waals surface area contributed by atoms with Gasteiger partial charge in [0.25, 0.3) is 0 Å². The average Bonchev–Trinajstić information content (AvgIpc) is 3.17. The number of hydrogen-bond donors (Lipinski definition) is 1. The third kappa shape index (κ3) is 3.01. The first-order valence-electron chi connectivity index (χ1n) is 9.13. The summed E-state index contributed by atoms with van der Waals surface area (Å²) in [5, 5.41) is 4.12. The van der Waals surface area contributed by atoms with Crippen molar-refractivity contribution in [3.63, 3.8) is 0 Å². The van der Waals surface area contributed by atoms with Gasteiger partial charge in [0.1, 0.15) is 18.2 Å². The van der Waals surface area contributed by atoms with Crippen LogP contribution >= 0.6 is 0 Å². The Labute approximate surface area is 153 Å². The number of carbonyl (C=O) groups excluding carboxylic acids is 1. The van der Waals surface area contributed by atoms with Crippen LogP contribution in [0.25, 0.3) is 10.9 Å². The highest BCUT2D eigenvalue weighted by Crippen LogP contribution is 2.30. The molecule has 1 amide bonds. The number of carbonyl (C=O) groups is 1. The zero-order valence-electron chi connectivity index (χ0n) is 14.9. The van der Waals surface area contributed by atoms with E-state index in [9.17, 15) is 4.79 Å². The van der Waals surface area contributed by atoms with E-state index in [1.807, 2.05) is 42.5 Å². The maximum Gasteiger partial charge on any atom is 0.247 e. The number of anilines is 2. The van der Waals surface area contributed by atoms with Crippen LogP contribution in [0.2, 0.25) is 0 Å². The molecule has 0 saturated carbocycles. The average molecular weight is 346 g/mol. The van der Waals surface area contributed by atoms with Gasteiger partial charge in [-0.05, 0) is 43.0 Å². The Morgan fingerprint density at radius 2 is 1.96 bits per heavy atom. The van der Waals surface area contributed by atoms with Gasteiger partial charge in [0, 0.05) is 17.6 Å². The molecule has 5 heteroatoms. The predicted octanol–water partition coefficient (Wildman–Crippen LogP) is 3.80. The van der Waals surface area contributed by atoms with Crippen LogP contribution < -0.4 is 10.2 Å². The highest BCUT2D eigenvalue weighted by molar-refractivity contribution is 5.99. The van der Waals surface area contributed by atoms with Crippen LogP contribution in [-0.2, 0) is 11.2 Å². The van der Waals surface area contributed by atoms with E-state index in [0.717, 1.165) is 53.8 Å². The number of rotatable bonds is 4. The van der Waals surface area contributed by atoms with Crippen molar-refractivity contribution in [3.8, 4) is 0 Å². The van der Waals surface area contributed by atoms with E-state index >= 15 is 0 Å². The zero-order chi connectivity index (χ0) is 17.9. The van der Waals surface area contributed by atoms with E-state index in [1.165, 1.54) is 0 Å². The van der Waals surface area contributed by atoms with E-state index in [0.29, 0.717) is 0 Å². The molecule has 0 spiro atoms. The first kappa shape index (κ1) is 16.5. The summed E-state index contributed by atoms with van der Waals surface area (Å²) in [4.78, 5) is 24.0. The summed E-state index contributed by atoms with van der Waals surface area (Å²) in [6.45, 7) is 2.93. The van der Waals surface area contributed by atoms with Crippen LogP contribution in [-0.4, -0.2) is 28.5 Å². The quantitative estimate of drug-likeness (QED) is 0.781. The maximum absolute atomic E-state index is 13.0. The molecule has 1 fully saturated rings.